The number of hydrogen-bond donors (Lipinski definition) is 0. The fraction of sp³-hybridized carbons (Fsp3) is 0.900. The van der Waals surface area contributed by atoms with Crippen molar-refractivity contribution in [3.8, 4) is 0 Å². The maximum absolute atomic E-state index is 11.0. The van der Waals surface area contributed by atoms with E-state index in [0.29, 0.717) is 13.0 Å². The highest BCUT2D eigenvalue weighted by Crippen LogP contribution is 1.95. The summed E-state index contributed by atoms with van der Waals surface area (Å²) in [6, 6.07) is 0. The van der Waals surface area contributed by atoms with E-state index in [2.05, 4.69) is 6.92 Å². The lowest BCUT2D eigenvalue weighted by Gasteiger charge is -2.07. The lowest BCUT2D eigenvalue weighted by Crippen LogP contribution is -2.13. The Kier molecular flexibility index (Phi) is 7.69. The summed E-state index contributed by atoms with van der Waals surface area (Å²) in [5.41, 5.74) is 0. The predicted molar refractivity (Wildman–Crippen MR) is 51.6 cm³/mol. The van der Waals surface area contributed by atoms with E-state index in [4.69, 9.17) is 9.47 Å². The molecule has 0 radical (unpaired) electrons. The smallest absolute Gasteiger partial charge is 0.308 e. The molecule has 0 amide bonds. The number of ether oxygens (including phenoxy) is 2. The van der Waals surface area contributed by atoms with Gasteiger partial charge in [-0.1, -0.05) is 13.3 Å². The van der Waals surface area contributed by atoms with Gasteiger partial charge in [0.15, 0.2) is 0 Å². The van der Waals surface area contributed by atoms with Gasteiger partial charge in [0.2, 0.25) is 0 Å². The van der Waals surface area contributed by atoms with Crippen molar-refractivity contribution in [1.82, 2.24) is 0 Å². The van der Waals surface area contributed by atoms with Crippen LogP contribution in [0.4, 0.5) is 0 Å². The van der Waals surface area contributed by atoms with Gasteiger partial charge in [0.25, 0.3) is 0 Å². The van der Waals surface area contributed by atoms with Crippen LogP contribution in [0.25, 0.3) is 0 Å². The van der Waals surface area contributed by atoms with Gasteiger partial charge < -0.3 is 9.47 Å². The van der Waals surface area contributed by atoms with Crippen molar-refractivity contribution in [2.45, 2.75) is 46.1 Å². The average molecular weight is 188 g/mol. The molecule has 0 aliphatic heterocycles. The van der Waals surface area contributed by atoms with Gasteiger partial charge in [-0.15, -0.1) is 0 Å². The van der Waals surface area contributed by atoms with Crippen LogP contribution in [0.5, 0.6) is 0 Å². The first-order valence-electron chi connectivity index (χ1n) is 4.94. The third-order valence-electron chi connectivity index (χ3n) is 1.46. The minimum absolute atomic E-state index is 0.0249. The molecule has 0 aliphatic carbocycles. The van der Waals surface area contributed by atoms with Gasteiger partial charge in [-0.05, 0) is 20.3 Å². The molecule has 0 aromatic carbocycles. The lowest BCUT2D eigenvalue weighted by atomic mass is 10.4. The maximum atomic E-state index is 11.0. The zero-order valence-electron chi connectivity index (χ0n) is 8.84. The molecule has 0 unspecified atom stereocenters. The Balaban J connectivity index is 3.17. The van der Waals surface area contributed by atoms with Gasteiger partial charge in [0.05, 0.1) is 19.1 Å². The summed E-state index contributed by atoms with van der Waals surface area (Å²) in [6.07, 6.45) is 2.51. The largest absolute Gasteiger partial charge is 0.463 e. The van der Waals surface area contributed by atoms with E-state index < -0.39 is 0 Å². The molecule has 3 heteroatoms. The molecule has 0 aromatic rings. The molecule has 0 saturated carbocycles. The number of unbranched alkanes of at least 4 members (excludes halogenated alkanes) is 1. The van der Waals surface area contributed by atoms with E-state index in [1.807, 2.05) is 13.8 Å². The first-order valence-corrected chi connectivity index (χ1v) is 4.94. The van der Waals surface area contributed by atoms with Crippen molar-refractivity contribution in [2.24, 2.45) is 0 Å². The Labute approximate surface area is 80.4 Å². The number of rotatable bonds is 7. The van der Waals surface area contributed by atoms with E-state index in [9.17, 15) is 4.79 Å². The van der Waals surface area contributed by atoms with E-state index in [1.54, 1.807) is 0 Å². The minimum atomic E-state index is -0.175. The van der Waals surface area contributed by atoms with Gasteiger partial charge in [0, 0.05) is 6.61 Å². The fourth-order valence-electron chi connectivity index (χ4n) is 0.826. The van der Waals surface area contributed by atoms with Crippen LogP contribution >= 0.6 is 0 Å². The molecule has 0 spiro atoms. The molecule has 0 aromatic heterocycles. The van der Waals surface area contributed by atoms with Crippen molar-refractivity contribution in [2.75, 3.05) is 13.2 Å². The van der Waals surface area contributed by atoms with Crippen molar-refractivity contribution in [3.63, 3.8) is 0 Å². The Morgan fingerprint density at radius 2 is 2.00 bits per heavy atom. The molecular weight excluding hydrogens is 168 g/mol. The standard InChI is InChI=1S/C10H20O3/c1-4-5-7-12-8-6-10(11)13-9(2)3/h9H,4-8H2,1-3H3. The molecule has 0 atom stereocenters. The monoisotopic (exact) mass is 188 g/mol. The van der Waals surface area contributed by atoms with Crippen molar-refractivity contribution >= 4 is 5.97 Å². The Morgan fingerprint density at radius 3 is 2.54 bits per heavy atom. The van der Waals surface area contributed by atoms with Gasteiger partial charge in [0.1, 0.15) is 0 Å². The maximum Gasteiger partial charge on any atom is 0.308 e. The second kappa shape index (κ2) is 8.05. The Hall–Kier alpha value is -0.570. The van der Waals surface area contributed by atoms with Crippen LogP contribution in [0, 0.1) is 0 Å². The normalized spacial score (nSPS) is 10.5. The van der Waals surface area contributed by atoms with E-state index in [1.165, 1.54) is 0 Å². The Morgan fingerprint density at radius 1 is 1.31 bits per heavy atom. The third kappa shape index (κ3) is 9.34. The van der Waals surface area contributed by atoms with Crippen molar-refractivity contribution in [3.05, 3.63) is 0 Å². The highest BCUT2D eigenvalue weighted by Gasteiger charge is 2.04. The zero-order chi connectivity index (χ0) is 10.1. The summed E-state index contributed by atoms with van der Waals surface area (Å²) < 4.78 is 10.2. The molecule has 13 heavy (non-hydrogen) atoms. The van der Waals surface area contributed by atoms with Crippen LogP contribution in [0.1, 0.15) is 40.0 Å². The molecule has 78 valence electrons. The number of carbonyl (C=O) groups is 1. The number of esters is 1. The van der Waals surface area contributed by atoms with Crippen molar-refractivity contribution in [1.29, 1.82) is 0 Å². The van der Waals surface area contributed by atoms with Gasteiger partial charge in [-0.25, -0.2) is 0 Å². The Bertz CT molecular complexity index is 132. The van der Waals surface area contributed by atoms with Crippen LogP contribution in [-0.2, 0) is 14.3 Å². The molecule has 0 N–H and O–H groups in total. The molecular formula is C10H20O3. The molecule has 0 aliphatic rings. The molecule has 3 nitrogen and oxygen atoms in total. The topological polar surface area (TPSA) is 35.5 Å². The third-order valence-corrected chi connectivity index (χ3v) is 1.46. The first kappa shape index (κ1) is 12.4. The molecule has 0 saturated heterocycles. The van der Waals surface area contributed by atoms with Crippen LogP contribution in [0.2, 0.25) is 0 Å². The van der Waals surface area contributed by atoms with E-state index >= 15 is 0 Å². The highest BCUT2D eigenvalue weighted by atomic mass is 16.5. The molecule has 0 rings (SSSR count). The summed E-state index contributed by atoms with van der Waals surface area (Å²) in [5, 5.41) is 0. The second-order valence-electron chi connectivity index (χ2n) is 3.25. The number of carbonyl (C=O) groups excluding carboxylic acids is 1. The summed E-state index contributed by atoms with van der Waals surface area (Å²) >= 11 is 0. The summed E-state index contributed by atoms with van der Waals surface area (Å²) in [7, 11) is 0. The van der Waals surface area contributed by atoms with Crippen LogP contribution in [-0.4, -0.2) is 25.3 Å². The summed E-state index contributed by atoms with van der Waals surface area (Å²) in [4.78, 5) is 11.0. The molecule has 0 heterocycles. The van der Waals surface area contributed by atoms with E-state index in [-0.39, 0.29) is 12.1 Å². The van der Waals surface area contributed by atoms with Crippen molar-refractivity contribution < 1.29 is 14.3 Å². The summed E-state index contributed by atoms with van der Waals surface area (Å²) in [6.45, 7) is 7.01. The average Bonchev–Trinajstić information content (AvgIpc) is 2.02. The second-order valence-corrected chi connectivity index (χ2v) is 3.25. The predicted octanol–water partition coefficient (Wildman–Crippen LogP) is 2.14. The fourth-order valence-corrected chi connectivity index (χ4v) is 0.826. The van der Waals surface area contributed by atoms with Crippen LogP contribution in [0.3, 0.4) is 0 Å². The summed E-state index contributed by atoms with van der Waals surface area (Å²) in [5.74, 6) is -0.175. The van der Waals surface area contributed by atoms with Gasteiger partial charge in [-0.3, -0.25) is 4.79 Å². The first-order chi connectivity index (χ1) is 6.16. The number of hydrogen-bond acceptors (Lipinski definition) is 3. The molecule has 0 bridgehead atoms. The van der Waals surface area contributed by atoms with Crippen LogP contribution in [0.15, 0.2) is 0 Å². The molecule has 0 fully saturated rings. The van der Waals surface area contributed by atoms with Gasteiger partial charge in [-0.2, -0.15) is 0 Å². The lowest BCUT2D eigenvalue weighted by molar-refractivity contribution is -0.148. The van der Waals surface area contributed by atoms with Gasteiger partial charge >= 0.3 is 5.97 Å². The van der Waals surface area contributed by atoms with E-state index in [0.717, 1.165) is 19.4 Å². The zero-order valence-corrected chi connectivity index (χ0v) is 8.84. The SMILES string of the molecule is CCCCOCCC(=O)OC(C)C. The van der Waals surface area contributed by atoms with Crippen LogP contribution < -0.4 is 0 Å². The quantitative estimate of drug-likeness (QED) is 0.453. The highest BCUT2D eigenvalue weighted by molar-refractivity contribution is 5.69. The minimum Gasteiger partial charge on any atom is -0.463 e.